The van der Waals surface area contributed by atoms with Gasteiger partial charge in [-0.1, -0.05) is 11.3 Å². The number of carbonyl (C=O) groups is 1. The monoisotopic (exact) mass is 449 g/mol. The van der Waals surface area contributed by atoms with Crippen molar-refractivity contribution in [1.29, 1.82) is 0 Å². The summed E-state index contributed by atoms with van der Waals surface area (Å²) in [5.74, 6) is -0.408. The van der Waals surface area contributed by atoms with E-state index in [-0.39, 0.29) is 22.8 Å². The topological polar surface area (TPSA) is 121 Å². The summed E-state index contributed by atoms with van der Waals surface area (Å²) in [6.07, 6.45) is -0.271. The Morgan fingerprint density at radius 2 is 1.93 bits per heavy atom. The van der Waals surface area contributed by atoms with Crippen molar-refractivity contribution in [1.82, 2.24) is 4.57 Å². The van der Waals surface area contributed by atoms with Gasteiger partial charge in [-0.05, 0) is 37.3 Å². The summed E-state index contributed by atoms with van der Waals surface area (Å²) in [4.78, 5) is 27.4. The second kappa shape index (κ2) is 8.76. The first-order valence-corrected chi connectivity index (χ1v) is 11.4. The maximum atomic E-state index is 12.5. The second-order valence-electron chi connectivity index (χ2n) is 6.29. The van der Waals surface area contributed by atoms with Crippen molar-refractivity contribution in [2.75, 3.05) is 12.9 Å². The smallest absolute Gasteiger partial charge is 0.271 e. The van der Waals surface area contributed by atoms with Gasteiger partial charge in [0.15, 0.2) is 14.6 Å². The minimum absolute atomic E-state index is 0.0500. The predicted octanol–water partition coefficient (Wildman–Crippen LogP) is 2.93. The molecule has 3 aromatic rings. The molecule has 0 bridgehead atoms. The summed E-state index contributed by atoms with van der Waals surface area (Å²) < 4.78 is 32.4. The Bertz CT molecular complexity index is 1270. The predicted molar refractivity (Wildman–Crippen MR) is 112 cm³/mol. The Morgan fingerprint density at radius 1 is 1.23 bits per heavy atom. The molecule has 9 nitrogen and oxygen atoms in total. The van der Waals surface area contributed by atoms with Crippen LogP contribution in [-0.4, -0.2) is 36.7 Å². The first-order valence-electron chi connectivity index (χ1n) is 8.97. The van der Waals surface area contributed by atoms with Crippen LogP contribution in [0.2, 0.25) is 0 Å². The molecule has 0 saturated carbocycles. The fraction of sp³-hybridized carbons (Fsp3) is 0.263. The lowest BCUT2D eigenvalue weighted by atomic mass is 10.3. The number of methoxy groups -OCH3 is 1. The fourth-order valence-corrected chi connectivity index (χ4v) is 5.17. The number of aryl methyl sites for hydroxylation is 1. The van der Waals surface area contributed by atoms with Gasteiger partial charge < -0.3 is 9.30 Å². The molecule has 30 heavy (non-hydrogen) atoms. The number of carbonyl (C=O) groups excluding carboxylic acids is 1. The maximum Gasteiger partial charge on any atom is 0.271 e. The van der Waals surface area contributed by atoms with Crippen molar-refractivity contribution in [2.24, 2.45) is 4.99 Å². The van der Waals surface area contributed by atoms with Gasteiger partial charge in [0.1, 0.15) is 5.75 Å². The number of hydrogen-bond acceptors (Lipinski definition) is 7. The number of nitrogens with zero attached hydrogens (tertiary/aromatic N) is 3. The first kappa shape index (κ1) is 21.7. The van der Waals surface area contributed by atoms with Gasteiger partial charge >= 0.3 is 0 Å². The number of non-ortho nitro benzene ring substituents is 1. The van der Waals surface area contributed by atoms with Crippen LogP contribution < -0.4 is 9.54 Å². The standard InChI is InChI=1S/C19H19N3O6S2/c1-3-21-16-12-13(22(24)25)4-9-17(16)29-19(21)20-18(23)10-11-30(26,27)15-7-5-14(28-2)6-8-15/h4-9,12H,3,10-11H2,1-2H3. The first-order chi connectivity index (χ1) is 14.2. The summed E-state index contributed by atoms with van der Waals surface area (Å²) in [6.45, 7) is 2.29. The molecule has 3 rings (SSSR count). The van der Waals surface area contributed by atoms with Crippen LogP contribution >= 0.6 is 11.3 Å². The van der Waals surface area contributed by atoms with Crippen molar-refractivity contribution in [3.8, 4) is 5.75 Å². The molecular formula is C19H19N3O6S2. The summed E-state index contributed by atoms with van der Waals surface area (Å²) in [7, 11) is -2.16. The number of ether oxygens (including phenoxy) is 1. The number of amides is 1. The van der Waals surface area contributed by atoms with Crippen molar-refractivity contribution in [3.63, 3.8) is 0 Å². The lowest BCUT2D eigenvalue weighted by Crippen LogP contribution is -2.17. The highest BCUT2D eigenvalue weighted by atomic mass is 32.2. The molecule has 1 amide bonds. The van der Waals surface area contributed by atoms with Crippen LogP contribution in [-0.2, 0) is 21.2 Å². The van der Waals surface area contributed by atoms with Gasteiger partial charge in [0.2, 0.25) is 5.91 Å². The average Bonchev–Trinajstić information content (AvgIpc) is 3.08. The third-order valence-corrected chi connectivity index (χ3v) is 7.21. The normalized spacial score (nSPS) is 12.3. The van der Waals surface area contributed by atoms with Gasteiger partial charge in [0.25, 0.3) is 5.69 Å². The highest BCUT2D eigenvalue weighted by Gasteiger charge is 2.17. The van der Waals surface area contributed by atoms with Gasteiger partial charge in [0, 0.05) is 25.1 Å². The van der Waals surface area contributed by atoms with E-state index >= 15 is 0 Å². The molecule has 1 aromatic heterocycles. The number of sulfone groups is 1. The lowest BCUT2D eigenvalue weighted by molar-refractivity contribution is -0.384. The van der Waals surface area contributed by atoms with Crippen LogP contribution in [0, 0.1) is 10.1 Å². The van der Waals surface area contributed by atoms with Crippen LogP contribution in [0.5, 0.6) is 5.75 Å². The van der Waals surface area contributed by atoms with Crippen LogP contribution in [0.1, 0.15) is 13.3 Å². The zero-order valence-corrected chi connectivity index (χ0v) is 17.9. The van der Waals surface area contributed by atoms with Crippen molar-refractivity contribution >= 4 is 43.0 Å². The molecule has 0 fully saturated rings. The highest BCUT2D eigenvalue weighted by molar-refractivity contribution is 7.91. The van der Waals surface area contributed by atoms with Crippen LogP contribution in [0.25, 0.3) is 10.2 Å². The number of aromatic nitrogens is 1. The van der Waals surface area contributed by atoms with E-state index in [9.17, 15) is 23.3 Å². The van der Waals surface area contributed by atoms with Crippen molar-refractivity contribution in [2.45, 2.75) is 24.8 Å². The number of nitro benzene ring substituents is 1. The lowest BCUT2D eigenvalue weighted by Gasteiger charge is -2.04. The molecule has 2 aromatic carbocycles. The third-order valence-electron chi connectivity index (χ3n) is 4.42. The van der Waals surface area contributed by atoms with E-state index in [1.807, 2.05) is 6.92 Å². The summed E-state index contributed by atoms with van der Waals surface area (Å²) in [6, 6.07) is 10.4. The molecule has 1 heterocycles. The van der Waals surface area contributed by atoms with Gasteiger partial charge in [0.05, 0.1) is 32.9 Å². The Hall–Kier alpha value is -3.05. The summed E-state index contributed by atoms with van der Waals surface area (Å²) in [5.41, 5.74) is 0.556. The fourth-order valence-electron chi connectivity index (χ4n) is 2.85. The van der Waals surface area contributed by atoms with Gasteiger partial charge in [-0.25, -0.2) is 8.42 Å². The maximum absolute atomic E-state index is 12.5. The summed E-state index contributed by atoms with van der Waals surface area (Å²) >= 11 is 1.22. The SMILES string of the molecule is CCn1c(=NC(=O)CCS(=O)(=O)c2ccc(OC)cc2)sc2ccc([N+](=O)[O-])cc21. The molecular weight excluding hydrogens is 430 g/mol. The van der Waals surface area contributed by atoms with Crippen LogP contribution in [0.15, 0.2) is 52.4 Å². The number of hydrogen-bond donors (Lipinski definition) is 0. The van der Waals surface area contributed by atoms with E-state index in [1.165, 1.54) is 42.7 Å². The number of nitro groups is 1. The molecule has 0 saturated heterocycles. The minimum atomic E-state index is -3.64. The Kier molecular flexibility index (Phi) is 6.32. The van der Waals surface area contributed by atoms with Crippen molar-refractivity contribution < 1.29 is 22.9 Å². The van der Waals surface area contributed by atoms with E-state index in [1.54, 1.807) is 22.8 Å². The number of benzene rings is 2. The molecule has 0 unspecified atom stereocenters. The number of fused-ring (bicyclic) bond motifs is 1. The molecule has 0 aliphatic rings. The molecule has 0 aliphatic heterocycles. The van der Waals surface area contributed by atoms with E-state index in [2.05, 4.69) is 4.99 Å². The third kappa shape index (κ3) is 4.57. The van der Waals surface area contributed by atoms with Gasteiger partial charge in [-0.15, -0.1) is 0 Å². The summed E-state index contributed by atoms with van der Waals surface area (Å²) in [5, 5.41) is 11.0. The van der Waals surface area contributed by atoms with E-state index in [0.717, 1.165) is 4.70 Å². The zero-order valence-electron chi connectivity index (χ0n) is 16.3. The van der Waals surface area contributed by atoms with Crippen LogP contribution in [0.4, 0.5) is 5.69 Å². The quantitative estimate of drug-likeness (QED) is 0.404. The Balaban J connectivity index is 1.83. The second-order valence-corrected chi connectivity index (χ2v) is 9.41. The molecule has 0 N–H and O–H groups in total. The molecule has 0 atom stereocenters. The molecule has 0 spiro atoms. The van der Waals surface area contributed by atoms with Crippen molar-refractivity contribution in [3.05, 3.63) is 57.4 Å². The van der Waals surface area contributed by atoms with Gasteiger partial charge in [-0.3, -0.25) is 14.9 Å². The molecule has 158 valence electrons. The Labute approximate surface area is 176 Å². The Morgan fingerprint density at radius 3 is 2.53 bits per heavy atom. The average molecular weight is 450 g/mol. The van der Waals surface area contributed by atoms with E-state index in [0.29, 0.717) is 22.6 Å². The molecule has 0 aliphatic carbocycles. The minimum Gasteiger partial charge on any atom is -0.497 e. The largest absolute Gasteiger partial charge is 0.497 e. The zero-order chi connectivity index (χ0) is 21.9. The van der Waals surface area contributed by atoms with Crippen LogP contribution in [0.3, 0.4) is 0 Å². The van der Waals surface area contributed by atoms with Gasteiger partial charge in [-0.2, -0.15) is 4.99 Å². The number of thiazole rings is 1. The van der Waals surface area contributed by atoms with E-state index in [4.69, 9.17) is 4.74 Å². The highest BCUT2D eigenvalue weighted by Crippen LogP contribution is 2.23. The number of rotatable bonds is 7. The molecule has 0 radical (unpaired) electrons. The molecule has 11 heteroatoms. The van der Waals surface area contributed by atoms with E-state index < -0.39 is 20.7 Å².